The predicted octanol–water partition coefficient (Wildman–Crippen LogP) is 1.79. The first-order valence-electron chi connectivity index (χ1n) is 6.09. The Bertz CT molecular complexity index is 1100. The topological polar surface area (TPSA) is 105 Å². The first-order valence-corrected chi connectivity index (χ1v) is 6.91. The number of nitrogens with zero attached hydrogens (tertiary/aromatic N) is 2. The summed E-state index contributed by atoms with van der Waals surface area (Å²) in [5, 5.41) is 0.468. The number of fused-ring (bicyclic) bond motifs is 2. The Morgan fingerprint density at radius 1 is 1.29 bits per heavy atom. The molecule has 7 nitrogen and oxygen atoms in total. The van der Waals surface area contributed by atoms with E-state index in [1.165, 1.54) is 30.0 Å². The van der Waals surface area contributed by atoms with Crippen molar-refractivity contribution in [3.63, 3.8) is 0 Å². The molecule has 0 radical (unpaired) electrons. The monoisotopic (exact) mass is 300 g/mol. The molecule has 2 N–H and O–H groups in total. The summed E-state index contributed by atoms with van der Waals surface area (Å²) in [5.74, 6) is 0. The van der Waals surface area contributed by atoms with Gasteiger partial charge in [0, 0.05) is 18.0 Å². The molecule has 4 aromatic rings. The molecular formula is C13H8N4O3S. The van der Waals surface area contributed by atoms with E-state index >= 15 is 0 Å². The maximum Gasteiger partial charge on any atom is 0.228 e. The van der Waals surface area contributed by atoms with Crippen LogP contribution in [0.4, 0.5) is 0 Å². The first-order chi connectivity index (χ1) is 10.1. The number of oxazole rings is 1. The molecule has 4 aromatic heterocycles. The van der Waals surface area contributed by atoms with Gasteiger partial charge in [0.25, 0.3) is 0 Å². The third kappa shape index (κ3) is 1.73. The van der Waals surface area contributed by atoms with Crippen LogP contribution >= 0.6 is 11.3 Å². The maximum absolute atomic E-state index is 12.4. The van der Waals surface area contributed by atoms with Gasteiger partial charge in [0.1, 0.15) is 15.4 Å². The standard InChI is InChI=1S/C13H8N4O3S/c1-5-2-7(18)8-13(16-5)21-12(17-8)6-3-14-11-9(10(6)19)15-4-20-11/h2-4H,1H3,(H,14,19)(H,16,18). The minimum atomic E-state index is -0.277. The van der Waals surface area contributed by atoms with E-state index in [0.29, 0.717) is 26.6 Å². The van der Waals surface area contributed by atoms with Gasteiger partial charge in [-0.15, -0.1) is 0 Å². The summed E-state index contributed by atoms with van der Waals surface area (Å²) in [6, 6.07) is 1.48. The van der Waals surface area contributed by atoms with Gasteiger partial charge >= 0.3 is 0 Å². The van der Waals surface area contributed by atoms with Crippen molar-refractivity contribution in [2.24, 2.45) is 0 Å². The van der Waals surface area contributed by atoms with E-state index in [0.717, 1.165) is 5.69 Å². The number of rotatable bonds is 1. The number of nitrogens with one attached hydrogen (secondary N) is 2. The Balaban J connectivity index is 2.04. The van der Waals surface area contributed by atoms with Crippen LogP contribution in [0.15, 0.2) is 32.7 Å². The predicted molar refractivity (Wildman–Crippen MR) is 78.6 cm³/mol. The van der Waals surface area contributed by atoms with E-state index in [1.54, 1.807) is 6.92 Å². The van der Waals surface area contributed by atoms with Crippen molar-refractivity contribution < 1.29 is 4.42 Å². The molecule has 0 aliphatic rings. The molecule has 0 saturated carbocycles. The Morgan fingerprint density at radius 2 is 2.14 bits per heavy atom. The molecule has 21 heavy (non-hydrogen) atoms. The Hall–Kier alpha value is -2.74. The Morgan fingerprint density at radius 3 is 3.00 bits per heavy atom. The highest BCUT2D eigenvalue weighted by atomic mass is 32.1. The van der Waals surface area contributed by atoms with Crippen LogP contribution in [-0.4, -0.2) is 19.9 Å². The number of hydrogen-bond acceptors (Lipinski definition) is 6. The van der Waals surface area contributed by atoms with E-state index in [-0.39, 0.29) is 16.4 Å². The molecule has 0 bridgehead atoms. The van der Waals surface area contributed by atoms with Crippen LogP contribution in [-0.2, 0) is 0 Å². The fourth-order valence-corrected chi connectivity index (χ4v) is 3.21. The van der Waals surface area contributed by atoms with Gasteiger partial charge in [0.05, 0.1) is 5.56 Å². The summed E-state index contributed by atoms with van der Waals surface area (Å²) in [6.45, 7) is 1.80. The van der Waals surface area contributed by atoms with Gasteiger partial charge in [0.15, 0.2) is 11.9 Å². The molecular weight excluding hydrogens is 292 g/mol. The molecule has 4 rings (SSSR count). The van der Waals surface area contributed by atoms with Gasteiger partial charge in [-0.05, 0) is 6.92 Å². The summed E-state index contributed by atoms with van der Waals surface area (Å²) in [7, 11) is 0. The van der Waals surface area contributed by atoms with Crippen LogP contribution in [0.5, 0.6) is 0 Å². The second-order valence-corrected chi connectivity index (χ2v) is 5.57. The minimum absolute atomic E-state index is 0.164. The number of aromatic amines is 2. The zero-order valence-electron chi connectivity index (χ0n) is 10.8. The molecule has 8 heteroatoms. The summed E-state index contributed by atoms with van der Waals surface area (Å²) < 4.78 is 5.04. The van der Waals surface area contributed by atoms with E-state index < -0.39 is 0 Å². The van der Waals surface area contributed by atoms with Gasteiger partial charge < -0.3 is 14.4 Å². The van der Waals surface area contributed by atoms with E-state index in [9.17, 15) is 9.59 Å². The number of H-pyrrole nitrogens is 2. The number of hydrogen-bond donors (Lipinski definition) is 2. The van der Waals surface area contributed by atoms with E-state index in [4.69, 9.17) is 4.42 Å². The fraction of sp³-hybridized carbons (Fsp3) is 0.0769. The van der Waals surface area contributed by atoms with Crippen LogP contribution in [0.2, 0.25) is 0 Å². The highest BCUT2D eigenvalue weighted by Crippen LogP contribution is 2.26. The van der Waals surface area contributed by atoms with Crippen molar-refractivity contribution in [2.75, 3.05) is 0 Å². The highest BCUT2D eigenvalue weighted by Gasteiger charge is 2.15. The first kappa shape index (κ1) is 12.0. The third-order valence-electron chi connectivity index (χ3n) is 3.12. The lowest BCUT2D eigenvalue weighted by atomic mass is 10.2. The SMILES string of the molecule is Cc1cc(=O)c2nc(-c3c[nH]c4ocnc4c3=O)sc2[nH]1. The smallest absolute Gasteiger partial charge is 0.228 e. The average Bonchev–Trinajstić information content (AvgIpc) is 3.05. The highest BCUT2D eigenvalue weighted by molar-refractivity contribution is 7.21. The summed E-state index contributed by atoms with van der Waals surface area (Å²) in [5.41, 5.74) is 1.54. The van der Waals surface area contributed by atoms with Gasteiger partial charge in [-0.2, -0.15) is 0 Å². The van der Waals surface area contributed by atoms with Crippen molar-refractivity contribution in [3.05, 3.63) is 44.8 Å². The molecule has 0 aromatic carbocycles. The summed E-state index contributed by atoms with van der Waals surface area (Å²) >= 11 is 1.26. The van der Waals surface area contributed by atoms with E-state index in [1.807, 2.05) is 0 Å². The zero-order chi connectivity index (χ0) is 14.6. The lowest BCUT2D eigenvalue weighted by molar-refractivity contribution is 0.590. The number of pyridine rings is 2. The molecule has 0 aliphatic carbocycles. The quantitative estimate of drug-likeness (QED) is 0.557. The third-order valence-corrected chi connectivity index (χ3v) is 4.13. The van der Waals surface area contributed by atoms with Crippen LogP contribution < -0.4 is 10.9 Å². The van der Waals surface area contributed by atoms with Gasteiger partial charge in [-0.25, -0.2) is 9.97 Å². The second-order valence-electron chi connectivity index (χ2n) is 4.57. The van der Waals surface area contributed by atoms with Crippen molar-refractivity contribution in [1.82, 2.24) is 19.9 Å². The number of thiazole rings is 1. The van der Waals surface area contributed by atoms with Gasteiger partial charge in [-0.3, -0.25) is 9.59 Å². The maximum atomic E-state index is 12.4. The summed E-state index contributed by atoms with van der Waals surface area (Å²) in [6.07, 6.45) is 2.72. The Kier molecular flexibility index (Phi) is 2.36. The van der Waals surface area contributed by atoms with Crippen LogP contribution in [0.1, 0.15) is 5.69 Å². The van der Waals surface area contributed by atoms with Crippen LogP contribution in [0, 0.1) is 6.92 Å². The normalized spacial score (nSPS) is 11.5. The minimum Gasteiger partial charge on any atom is -0.427 e. The molecule has 0 fully saturated rings. The lowest BCUT2D eigenvalue weighted by Gasteiger charge is -1.93. The second kappa shape index (κ2) is 4.13. The largest absolute Gasteiger partial charge is 0.427 e. The van der Waals surface area contributed by atoms with Crippen molar-refractivity contribution in [2.45, 2.75) is 6.92 Å². The fourth-order valence-electron chi connectivity index (χ4n) is 2.17. The number of aryl methyl sites for hydroxylation is 1. The lowest BCUT2D eigenvalue weighted by Crippen LogP contribution is -2.06. The average molecular weight is 300 g/mol. The molecule has 0 aliphatic heterocycles. The van der Waals surface area contributed by atoms with Crippen molar-refractivity contribution in [3.8, 4) is 10.6 Å². The molecule has 0 spiro atoms. The molecule has 0 amide bonds. The number of aromatic nitrogens is 4. The zero-order valence-corrected chi connectivity index (χ0v) is 11.6. The van der Waals surface area contributed by atoms with E-state index in [2.05, 4.69) is 19.9 Å². The molecule has 0 saturated heterocycles. The molecule has 104 valence electrons. The van der Waals surface area contributed by atoms with Gasteiger partial charge in [0.2, 0.25) is 16.6 Å². The molecule has 0 atom stereocenters. The van der Waals surface area contributed by atoms with Crippen molar-refractivity contribution in [1.29, 1.82) is 0 Å². The van der Waals surface area contributed by atoms with Crippen LogP contribution in [0.25, 0.3) is 32.1 Å². The van der Waals surface area contributed by atoms with Crippen LogP contribution in [0.3, 0.4) is 0 Å². The Labute approximate surface area is 120 Å². The summed E-state index contributed by atoms with van der Waals surface area (Å²) in [4.78, 5) is 39.0. The van der Waals surface area contributed by atoms with Gasteiger partial charge in [-0.1, -0.05) is 11.3 Å². The molecule has 4 heterocycles. The van der Waals surface area contributed by atoms with Crippen molar-refractivity contribution >= 4 is 32.9 Å². The molecule has 0 unspecified atom stereocenters.